The summed E-state index contributed by atoms with van der Waals surface area (Å²) in [5.41, 5.74) is 1.90. The molecule has 1 amide bonds. The van der Waals surface area contributed by atoms with Crippen LogP contribution in [0.15, 0.2) is 10.9 Å². The van der Waals surface area contributed by atoms with Gasteiger partial charge in [0.25, 0.3) is 11.5 Å². The lowest BCUT2D eigenvalue weighted by atomic mass is 9.95. The van der Waals surface area contributed by atoms with Crippen molar-refractivity contribution in [3.05, 3.63) is 33.2 Å². The van der Waals surface area contributed by atoms with E-state index in [9.17, 15) is 14.7 Å². The maximum atomic E-state index is 12.6. The van der Waals surface area contributed by atoms with Gasteiger partial charge in [0.2, 0.25) is 0 Å². The van der Waals surface area contributed by atoms with Crippen LogP contribution in [0, 0.1) is 0 Å². The van der Waals surface area contributed by atoms with Gasteiger partial charge in [-0.15, -0.1) is 0 Å². The Morgan fingerprint density at radius 1 is 1.33 bits per heavy atom. The summed E-state index contributed by atoms with van der Waals surface area (Å²) < 4.78 is 0. The molecular weight excluding hydrogens is 268 g/mol. The van der Waals surface area contributed by atoms with Crippen molar-refractivity contribution in [1.29, 1.82) is 0 Å². The number of fused-ring (bicyclic) bond motifs is 1. The second kappa shape index (κ2) is 6.43. The minimum absolute atomic E-state index is 0.0671. The number of hydrogen-bond acceptors (Lipinski definition) is 3. The number of aromatic nitrogens is 1. The van der Waals surface area contributed by atoms with E-state index in [-0.39, 0.29) is 29.6 Å². The Bertz CT molecular complexity index is 575. The highest BCUT2D eigenvalue weighted by Gasteiger charge is 2.24. The van der Waals surface area contributed by atoms with Crippen LogP contribution in [0.2, 0.25) is 0 Å². The van der Waals surface area contributed by atoms with Crippen LogP contribution in [-0.2, 0) is 12.8 Å². The van der Waals surface area contributed by atoms with Crippen molar-refractivity contribution in [2.45, 2.75) is 58.6 Å². The van der Waals surface area contributed by atoms with Crippen LogP contribution in [0.4, 0.5) is 0 Å². The second-order valence-corrected chi connectivity index (χ2v) is 6.12. The molecule has 1 unspecified atom stereocenters. The molecule has 1 aliphatic carbocycles. The fraction of sp³-hybridized carbons (Fsp3) is 0.625. The molecular formula is C16H24N2O3. The first-order valence-corrected chi connectivity index (χ1v) is 7.64. The topological polar surface area (TPSA) is 73.4 Å². The molecule has 1 aromatic rings. The number of carbonyl (C=O) groups is 1. The molecule has 0 saturated heterocycles. The quantitative estimate of drug-likeness (QED) is 0.883. The molecule has 1 heterocycles. The van der Waals surface area contributed by atoms with E-state index in [1.54, 1.807) is 17.9 Å². The van der Waals surface area contributed by atoms with Gasteiger partial charge < -0.3 is 15.0 Å². The molecule has 1 atom stereocenters. The van der Waals surface area contributed by atoms with Crippen molar-refractivity contribution in [1.82, 2.24) is 9.88 Å². The lowest BCUT2D eigenvalue weighted by molar-refractivity contribution is 0.0577. The number of aliphatic hydroxyl groups is 1. The monoisotopic (exact) mass is 292 g/mol. The molecule has 5 nitrogen and oxygen atoms in total. The van der Waals surface area contributed by atoms with E-state index in [4.69, 9.17) is 0 Å². The van der Waals surface area contributed by atoms with Gasteiger partial charge in [0.1, 0.15) is 5.56 Å². The summed E-state index contributed by atoms with van der Waals surface area (Å²) in [6.07, 6.45) is 3.34. The van der Waals surface area contributed by atoms with E-state index in [0.29, 0.717) is 0 Å². The zero-order valence-electron chi connectivity index (χ0n) is 13.0. The molecule has 2 N–H and O–H groups in total. The summed E-state index contributed by atoms with van der Waals surface area (Å²) in [6.45, 7) is 5.63. The Balaban J connectivity index is 2.35. The lowest BCUT2D eigenvalue weighted by Gasteiger charge is -2.28. The normalized spacial score (nSPS) is 15.7. The third-order valence-corrected chi connectivity index (χ3v) is 3.91. The molecule has 0 aliphatic heterocycles. The SMILES string of the molecule is CC(O)CN(C(=O)c1cc2c([nH]c1=O)CCCC2)C(C)C. The number of amides is 1. The first-order chi connectivity index (χ1) is 9.90. The highest BCUT2D eigenvalue weighted by atomic mass is 16.3. The van der Waals surface area contributed by atoms with Gasteiger partial charge in [0, 0.05) is 18.3 Å². The van der Waals surface area contributed by atoms with Crippen LogP contribution in [0.25, 0.3) is 0 Å². The Kier molecular flexibility index (Phi) is 4.83. The summed E-state index contributed by atoms with van der Waals surface area (Å²) in [7, 11) is 0. The van der Waals surface area contributed by atoms with E-state index < -0.39 is 6.10 Å². The van der Waals surface area contributed by atoms with Crippen molar-refractivity contribution in [2.24, 2.45) is 0 Å². The predicted molar refractivity (Wildman–Crippen MR) is 81.6 cm³/mol. The molecule has 0 fully saturated rings. The summed E-state index contributed by atoms with van der Waals surface area (Å²) >= 11 is 0. The Hall–Kier alpha value is -1.62. The van der Waals surface area contributed by atoms with E-state index in [2.05, 4.69) is 4.98 Å². The third-order valence-electron chi connectivity index (χ3n) is 3.91. The van der Waals surface area contributed by atoms with Crippen molar-refractivity contribution in [3.63, 3.8) is 0 Å². The van der Waals surface area contributed by atoms with Crippen molar-refractivity contribution in [2.75, 3.05) is 6.54 Å². The minimum atomic E-state index is -0.618. The van der Waals surface area contributed by atoms with Gasteiger partial charge in [-0.1, -0.05) is 0 Å². The van der Waals surface area contributed by atoms with Crippen LogP contribution in [0.3, 0.4) is 0 Å². The number of aliphatic hydroxyl groups excluding tert-OH is 1. The van der Waals surface area contributed by atoms with E-state index in [0.717, 1.165) is 36.9 Å². The zero-order chi connectivity index (χ0) is 15.6. The van der Waals surface area contributed by atoms with Gasteiger partial charge in [0.15, 0.2) is 0 Å². The van der Waals surface area contributed by atoms with Gasteiger partial charge >= 0.3 is 0 Å². The average Bonchev–Trinajstić information content (AvgIpc) is 2.42. The first kappa shape index (κ1) is 15.8. The molecule has 116 valence electrons. The van der Waals surface area contributed by atoms with Crippen LogP contribution >= 0.6 is 0 Å². The molecule has 0 radical (unpaired) electrons. The molecule has 1 aromatic heterocycles. The van der Waals surface area contributed by atoms with Crippen LogP contribution in [0.5, 0.6) is 0 Å². The van der Waals surface area contributed by atoms with Crippen LogP contribution < -0.4 is 5.56 Å². The summed E-state index contributed by atoms with van der Waals surface area (Å²) in [6, 6.07) is 1.68. The molecule has 0 aromatic carbocycles. The van der Waals surface area contributed by atoms with E-state index >= 15 is 0 Å². The maximum Gasteiger partial charge on any atom is 0.261 e. The van der Waals surface area contributed by atoms with Crippen LogP contribution in [-0.4, -0.2) is 39.6 Å². The van der Waals surface area contributed by atoms with Gasteiger partial charge in [-0.2, -0.15) is 0 Å². The molecule has 0 spiro atoms. The highest BCUT2D eigenvalue weighted by molar-refractivity contribution is 5.94. The Labute approximate surface area is 125 Å². The standard InChI is InChI=1S/C16H24N2O3/c1-10(2)18(9-11(3)19)16(21)13-8-12-6-4-5-7-14(12)17-15(13)20/h8,10-11,19H,4-7,9H2,1-3H3,(H,17,20). The smallest absolute Gasteiger partial charge is 0.261 e. The molecule has 5 heteroatoms. The van der Waals surface area contributed by atoms with Gasteiger partial charge in [0.05, 0.1) is 6.10 Å². The number of nitrogens with one attached hydrogen (secondary N) is 1. The number of aromatic amines is 1. The number of aryl methyl sites for hydroxylation is 2. The number of rotatable bonds is 4. The average molecular weight is 292 g/mol. The largest absolute Gasteiger partial charge is 0.392 e. The molecule has 2 rings (SSSR count). The molecule has 21 heavy (non-hydrogen) atoms. The lowest BCUT2D eigenvalue weighted by Crippen LogP contribution is -2.43. The molecule has 0 bridgehead atoms. The number of carbonyl (C=O) groups excluding carboxylic acids is 1. The predicted octanol–water partition coefficient (Wildman–Crippen LogP) is 1.49. The second-order valence-electron chi connectivity index (χ2n) is 6.12. The van der Waals surface area contributed by atoms with Crippen LogP contribution in [0.1, 0.15) is 55.2 Å². The fourth-order valence-corrected chi connectivity index (χ4v) is 2.80. The van der Waals surface area contributed by atoms with E-state index in [1.165, 1.54) is 0 Å². The van der Waals surface area contributed by atoms with Gasteiger partial charge in [-0.3, -0.25) is 9.59 Å². The van der Waals surface area contributed by atoms with E-state index in [1.807, 2.05) is 13.8 Å². The summed E-state index contributed by atoms with van der Waals surface area (Å²) in [5, 5.41) is 9.55. The number of pyridine rings is 1. The van der Waals surface area contributed by atoms with Gasteiger partial charge in [-0.05, 0) is 58.1 Å². The van der Waals surface area contributed by atoms with Crippen molar-refractivity contribution >= 4 is 5.91 Å². The Morgan fingerprint density at radius 2 is 2.00 bits per heavy atom. The number of nitrogens with zero attached hydrogens (tertiary/aromatic N) is 1. The third kappa shape index (κ3) is 3.53. The highest BCUT2D eigenvalue weighted by Crippen LogP contribution is 2.19. The molecule has 0 saturated carbocycles. The summed E-state index contributed by atoms with van der Waals surface area (Å²) in [5.74, 6) is -0.305. The Morgan fingerprint density at radius 3 is 2.62 bits per heavy atom. The zero-order valence-corrected chi connectivity index (χ0v) is 13.0. The number of H-pyrrole nitrogens is 1. The maximum absolute atomic E-state index is 12.6. The molecule has 1 aliphatic rings. The van der Waals surface area contributed by atoms with Crippen molar-refractivity contribution < 1.29 is 9.90 Å². The minimum Gasteiger partial charge on any atom is -0.392 e. The fourth-order valence-electron chi connectivity index (χ4n) is 2.80. The van der Waals surface area contributed by atoms with Crippen molar-refractivity contribution in [3.8, 4) is 0 Å². The number of hydrogen-bond donors (Lipinski definition) is 2. The first-order valence-electron chi connectivity index (χ1n) is 7.64. The van der Waals surface area contributed by atoms with Gasteiger partial charge in [-0.25, -0.2) is 0 Å². The summed E-state index contributed by atoms with van der Waals surface area (Å²) in [4.78, 5) is 29.2.